The van der Waals surface area contributed by atoms with E-state index in [0.717, 1.165) is 31.6 Å². The van der Waals surface area contributed by atoms with E-state index in [1.54, 1.807) is 6.92 Å². The van der Waals surface area contributed by atoms with Gasteiger partial charge in [0, 0.05) is 6.42 Å². The van der Waals surface area contributed by atoms with Gasteiger partial charge in [0.05, 0.1) is 0 Å². The van der Waals surface area contributed by atoms with Gasteiger partial charge in [-0.15, -0.1) is 0 Å². The summed E-state index contributed by atoms with van der Waals surface area (Å²) in [5.41, 5.74) is 2.78. The van der Waals surface area contributed by atoms with Crippen LogP contribution in [0.15, 0.2) is 24.3 Å². The number of carbonyl (C=O) groups excluding carboxylic acids is 1. The molecule has 0 aliphatic carbocycles. The molecule has 0 heterocycles. The molecule has 0 aliphatic rings. The van der Waals surface area contributed by atoms with Gasteiger partial charge in [-0.25, -0.2) is 0 Å². The van der Waals surface area contributed by atoms with E-state index in [4.69, 9.17) is 0 Å². The van der Waals surface area contributed by atoms with Crippen molar-refractivity contribution in [2.75, 3.05) is 0 Å². The summed E-state index contributed by atoms with van der Waals surface area (Å²) in [6.07, 6.45) is 4.08. The lowest BCUT2D eigenvalue weighted by molar-refractivity contribution is -0.117. The SMILES string of the molecule is CC(C)C.CCCCC(C)=O.CCc1cccc(C)c1. The average Bonchev–Trinajstić information content (AvgIpc) is 2.36. The Labute approximate surface area is 126 Å². The molecule has 0 atom stereocenters. The molecule has 0 aromatic heterocycles. The second-order valence-electron chi connectivity index (χ2n) is 5.88. The third-order valence-corrected chi connectivity index (χ3v) is 2.37. The van der Waals surface area contributed by atoms with E-state index >= 15 is 0 Å². The van der Waals surface area contributed by atoms with Crippen LogP contribution in [0.25, 0.3) is 0 Å². The number of ketones is 1. The van der Waals surface area contributed by atoms with Gasteiger partial charge in [0.25, 0.3) is 0 Å². The highest BCUT2D eigenvalue weighted by Gasteiger charge is 1.87. The average molecular weight is 278 g/mol. The van der Waals surface area contributed by atoms with Crippen molar-refractivity contribution >= 4 is 5.78 Å². The number of unbranched alkanes of at least 4 members (excludes halogenated alkanes) is 1. The molecular formula is C19H34O. The van der Waals surface area contributed by atoms with E-state index in [1.165, 1.54) is 11.1 Å². The topological polar surface area (TPSA) is 17.1 Å². The zero-order valence-corrected chi connectivity index (χ0v) is 14.6. The monoisotopic (exact) mass is 278 g/mol. The molecule has 0 saturated carbocycles. The summed E-state index contributed by atoms with van der Waals surface area (Å²) in [7, 11) is 0. The third kappa shape index (κ3) is 19.2. The predicted molar refractivity (Wildman–Crippen MR) is 91.3 cm³/mol. The molecule has 116 valence electrons. The van der Waals surface area contributed by atoms with Crippen molar-refractivity contribution in [1.29, 1.82) is 0 Å². The molecule has 1 aromatic carbocycles. The van der Waals surface area contributed by atoms with E-state index in [1.807, 2.05) is 0 Å². The lowest BCUT2D eigenvalue weighted by atomic mass is 10.1. The molecule has 1 heteroatoms. The van der Waals surface area contributed by atoms with E-state index in [9.17, 15) is 4.79 Å². The van der Waals surface area contributed by atoms with Crippen LogP contribution >= 0.6 is 0 Å². The van der Waals surface area contributed by atoms with Gasteiger partial charge in [0.15, 0.2) is 0 Å². The summed E-state index contributed by atoms with van der Waals surface area (Å²) in [5, 5.41) is 0. The molecule has 0 N–H and O–H groups in total. The molecule has 1 aromatic rings. The van der Waals surface area contributed by atoms with Crippen LogP contribution in [0.4, 0.5) is 0 Å². The van der Waals surface area contributed by atoms with Crippen molar-refractivity contribution < 1.29 is 4.79 Å². The predicted octanol–water partition coefficient (Wildman–Crippen LogP) is 5.99. The van der Waals surface area contributed by atoms with Crippen LogP contribution in [0.2, 0.25) is 0 Å². The van der Waals surface area contributed by atoms with Gasteiger partial charge in [-0.05, 0) is 38.2 Å². The molecule has 0 fully saturated rings. The lowest BCUT2D eigenvalue weighted by Gasteiger charge is -1.95. The Bertz CT molecular complexity index is 337. The van der Waals surface area contributed by atoms with Gasteiger partial charge in [-0.1, -0.05) is 70.9 Å². The van der Waals surface area contributed by atoms with Crippen molar-refractivity contribution in [3.63, 3.8) is 0 Å². The fourth-order valence-corrected chi connectivity index (χ4v) is 1.36. The quantitative estimate of drug-likeness (QED) is 0.661. The first-order valence-electron chi connectivity index (χ1n) is 7.88. The first-order chi connectivity index (χ1) is 9.33. The molecule has 0 radical (unpaired) electrons. The Balaban J connectivity index is 0. The summed E-state index contributed by atoms with van der Waals surface area (Å²) < 4.78 is 0. The molecule has 0 unspecified atom stereocenters. The van der Waals surface area contributed by atoms with Crippen LogP contribution in [0, 0.1) is 12.8 Å². The normalized spacial score (nSPS) is 9.20. The molecule has 0 aliphatic heterocycles. The Morgan fingerprint density at radius 2 is 1.70 bits per heavy atom. The number of aryl methyl sites for hydroxylation is 2. The van der Waals surface area contributed by atoms with Crippen LogP contribution in [0.5, 0.6) is 0 Å². The Morgan fingerprint density at radius 1 is 1.15 bits per heavy atom. The van der Waals surface area contributed by atoms with Crippen molar-refractivity contribution in [3.8, 4) is 0 Å². The van der Waals surface area contributed by atoms with E-state index in [2.05, 4.69) is 65.8 Å². The highest BCUT2D eigenvalue weighted by molar-refractivity contribution is 5.75. The van der Waals surface area contributed by atoms with Crippen molar-refractivity contribution in [2.24, 2.45) is 5.92 Å². The number of Topliss-reactive ketones (excluding diaryl/α,β-unsaturated/α-hetero) is 1. The largest absolute Gasteiger partial charge is 0.300 e. The zero-order chi connectivity index (χ0) is 16.0. The Hall–Kier alpha value is -1.11. The minimum Gasteiger partial charge on any atom is -0.300 e. The van der Waals surface area contributed by atoms with Crippen LogP contribution in [0.3, 0.4) is 0 Å². The molecule has 1 nitrogen and oxygen atoms in total. The summed E-state index contributed by atoms with van der Waals surface area (Å²) in [6.45, 7) is 14.5. The first kappa shape index (κ1) is 21.2. The van der Waals surface area contributed by atoms with Crippen molar-refractivity contribution in [1.82, 2.24) is 0 Å². The summed E-state index contributed by atoms with van der Waals surface area (Å²) in [4.78, 5) is 10.2. The molecular weight excluding hydrogens is 244 g/mol. The van der Waals surface area contributed by atoms with Crippen LogP contribution < -0.4 is 0 Å². The molecule has 1 rings (SSSR count). The fraction of sp³-hybridized carbons (Fsp3) is 0.632. The van der Waals surface area contributed by atoms with Crippen LogP contribution in [-0.2, 0) is 11.2 Å². The second kappa shape index (κ2) is 14.3. The van der Waals surface area contributed by atoms with Crippen LogP contribution in [-0.4, -0.2) is 5.78 Å². The zero-order valence-electron chi connectivity index (χ0n) is 14.6. The van der Waals surface area contributed by atoms with E-state index in [0.29, 0.717) is 5.78 Å². The number of hydrogen-bond donors (Lipinski definition) is 0. The Morgan fingerprint density at radius 3 is 1.95 bits per heavy atom. The molecule has 0 saturated heterocycles. The van der Waals surface area contributed by atoms with Crippen LogP contribution in [0.1, 0.15) is 71.9 Å². The summed E-state index contributed by atoms with van der Waals surface area (Å²) in [6, 6.07) is 8.61. The highest BCUT2D eigenvalue weighted by atomic mass is 16.1. The minimum atomic E-state index is 0.307. The van der Waals surface area contributed by atoms with Gasteiger partial charge in [0.2, 0.25) is 0 Å². The smallest absolute Gasteiger partial charge is 0.129 e. The van der Waals surface area contributed by atoms with Crippen molar-refractivity contribution in [3.05, 3.63) is 35.4 Å². The standard InChI is InChI=1S/C9H12.C6H12O.C4H10/c1-3-9-6-4-5-8(2)7-9;1-3-4-5-6(2)7;1-4(2)3/h4-7H,3H2,1-2H3;3-5H2,1-2H3;4H,1-3H3. The van der Waals surface area contributed by atoms with E-state index in [-0.39, 0.29) is 0 Å². The van der Waals surface area contributed by atoms with Gasteiger partial charge in [0.1, 0.15) is 5.78 Å². The third-order valence-electron chi connectivity index (χ3n) is 2.37. The van der Waals surface area contributed by atoms with Gasteiger partial charge < -0.3 is 4.79 Å². The molecule has 0 spiro atoms. The van der Waals surface area contributed by atoms with E-state index < -0.39 is 0 Å². The Kier molecular flexibility index (Phi) is 15.2. The maximum Gasteiger partial charge on any atom is 0.129 e. The van der Waals surface area contributed by atoms with Gasteiger partial charge in [-0.2, -0.15) is 0 Å². The van der Waals surface area contributed by atoms with Gasteiger partial charge >= 0.3 is 0 Å². The van der Waals surface area contributed by atoms with Gasteiger partial charge in [-0.3, -0.25) is 0 Å². The minimum absolute atomic E-state index is 0.307. The second-order valence-corrected chi connectivity index (χ2v) is 5.88. The number of rotatable bonds is 4. The molecule has 0 amide bonds. The number of benzene rings is 1. The number of hydrogen-bond acceptors (Lipinski definition) is 1. The maximum atomic E-state index is 10.2. The summed E-state index contributed by atoms with van der Waals surface area (Å²) >= 11 is 0. The van der Waals surface area contributed by atoms with Crippen molar-refractivity contribution in [2.45, 2.75) is 74.1 Å². The lowest BCUT2D eigenvalue weighted by Crippen LogP contribution is -1.86. The highest BCUT2D eigenvalue weighted by Crippen LogP contribution is 2.03. The maximum absolute atomic E-state index is 10.2. The summed E-state index contributed by atoms with van der Waals surface area (Å²) in [5.74, 6) is 1.14. The number of carbonyl (C=O) groups is 1. The molecule has 0 bridgehead atoms. The fourth-order valence-electron chi connectivity index (χ4n) is 1.36. The first-order valence-corrected chi connectivity index (χ1v) is 7.88. The molecule has 20 heavy (non-hydrogen) atoms.